The summed E-state index contributed by atoms with van der Waals surface area (Å²) >= 11 is 0. The second-order valence-corrected chi connectivity index (χ2v) is 7.85. The molecule has 2 aromatic heterocycles. The molecule has 0 radical (unpaired) electrons. The number of carbonyl (C=O) groups is 1. The fourth-order valence-corrected chi connectivity index (χ4v) is 3.77. The van der Waals surface area contributed by atoms with Crippen molar-refractivity contribution in [1.29, 1.82) is 0 Å². The average Bonchev–Trinajstić information content (AvgIpc) is 3.24. The molecule has 1 aromatic carbocycles. The number of nitrogens with zero attached hydrogens (tertiary/aromatic N) is 2. The molecule has 0 bridgehead atoms. The Bertz CT molecular complexity index is 1180. The molecule has 2 unspecified atom stereocenters. The largest absolute Gasteiger partial charge is 0.496 e. The molecule has 7 nitrogen and oxygen atoms in total. The minimum Gasteiger partial charge on any atom is -0.496 e. The summed E-state index contributed by atoms with van der Waals surface area (Å²) < 4.78 is 56.4. The SMILES string of the molecule is COc1cc(-c2cnn3cc(C4COC4)ccc23)cc(OC(F)F)c1C(=O)NC1CC1F. The molecule has 3 aromatic rings. The normalized spacial score (nSPS) is 20.3. The lowest BCUT2D eigenvalue weighted by Crippen LogP contribution is -2.28. The number of fused-ring (bicyclic) bond motifs is 1. The molecular weight excluding hydrogens is 427 g/mol. The maximum absolute atomic E-state index is 13.2. The first-order chi connectivity index (χ1) is 15.4. The zero-order chi connectivity index (χ0) is 22.4. The molecule has 1 amide bonds. The monoisotopic (exact) mass is 447 g/mol. The third-order valence-corrected chi connectivity index (χ3v) is 5.72. The molecule has 5 rings (SSSR count). The third kappa shape index (κ3) is 3.75. The zero-order valence-electron chi connectivity index (χ0n) is 17.1. The van der Waals surface area contributed by atoms with E-state index < -0.39 is 24.7 Å². The standard InChI is InChI=1S/C22H20F3N3O4/c1-30-18-4-12(5-19(32-22(24)25)20(18)21(29)27-16-6-15(16)23)14-7-26-28-8-11(2-3-17(14)28)13-9-31-10-13/h2-5,7-8,13,15-16,22H,6,9-10H2,1H3,(H,27,29). The number of ether oxygens (including phenoxy) is 3. The number of rotatable bonds is 7. The van der Waals surface area contributed by atoms with Crippen molar-refractivity contribution in [3.05, 3.63) is 47.8 Å². The molecule has 1 aliphatic carbocycles. The first-order valence-corrected chi connectivity index (χ1v) is 10.1. The number of alkyl halides is 3. The molecule has 2 atom stereocenters. The lowest BCUT2D eigenvalue weighted by molar-refractivity contribution is -0.0502. The molecule has 1 aliphatic heterocycles. The van der Waals surface area contributed by atoms with Gasteiger partial charge in [-0.05, 0) is 29.3 Å². The summed E-state index contributed by atoms with van der Waals surface area (Å²) in [5, 5.41) is 6.86. The summed E-state index contributed by atoms with van der Waals surface area (Å²) in [6.07, 6.45) is 2.56. The van der Waals surface area contributed by atoms with E-state index in [0.29, 0.717) is 30.3 Å². The summed E-state index contributed by atoms with van der Waals surface area (Å²) in [5.41, 5.74) is 2.76. The van der Waals surface area contributed by atoms with Crippen LogP contribution in [0.2, 0.25) is 0 Å². The van der Waals surface area contributed by atoms with Crippen molar-refractivity contribution in [2.45, 2.75) is 31.2 Å². The number of benzene rings is 1. The molecule has 1 saturated carbocycles. The third-order valence-electron chi connectivity index (χ3n) is 5.72. The van der Waals surface area contributed by atoms with Crippen molar-refractivity contribution in [2.24, 2.45) is 0 Å². The Morgan fingerprint density at radius 1 is 1.28 bits per heavy atom. The van der Waals surface area contributed by atoms with E-state index in [4.69, 9.17) is 9.47 Å². The summed E-state index contributed by atoms with van der Waals surface area (Å²) in [6, 6.07) is 6.13. The zero-order valence-corrected chi connectivity index (χ0v) is 17.1. The molecule has 168 valence electrons. The van der Waals surface area contributed by atoms with Gasteiger partial charge in [0.1, 0.15) is 23.2 Å². The highest BCUT2D eigenvalue weighted by molar-refractivity contribution is 6.01. The Morgan fingerprint density at radius 2 is 2.03 bits per heavy atom. The maximum atomic E-state index is 13.2. The first-order valence-electron chi connectivity index (χ1n) is 10.1. The summed E-state index contributed by atoms with van der Waals surface area (Å²) in [6.45, 7) is -1.83. The van der Waals surface area contributed by atoms with Gasteiger partial charge >= 0.3 is 6.61 Å². The second-order valence-electron chi connectivity index (χ2n) is 7.85. The number of aromatic nitrogens is 2. The predicted octanol–water partition coefficient (Wildman–Crippen LogP) is 3.57. The minimum atomic E-state index is -3.16. The quantitative estimate of drug-likeness (QED) is 0.600. The summed E-state index contributed by atoms with van der Waals surface area (Å²) in [5.74, 6) is -0.729. The second kappa shape index (κ2) is 8.01. The van der Waals surface area contributed by atoms with Crippen molar-refractivity contribution in [3.63, 3.8) is 0 Å². The van der Waals surface area contributed by atoms with Gasteiger partial charge in [-0.15, -0.1) is 0 Å². The number of halogens is 3. The van der Waals surface area contributed by atoms with Crippen LogP contribution in [0, 0.1) is 0 Å². The van der Waals surface area contributed by atoms with Crippen LogP contribution in [0.25, 0.3) is 16.6 Å². The number of carbonyl (C=O) groups excluding carboxylic acids is 1. The number of nitrogens with one attached hydrogen (secondary N) is 1. The molecule has 3 heterocycles. The number of hydrogen-bond acceptors (Lipinski definition) is 5. The fraction of sp³-hybridized carbons (Fsp3) is 0.364. The van der Waals surface area contributed by atoms with Crippen LogP contribution in [0.5, 0.6) is 11.5 Å². The van der Waals surface area contributed by atoms with Crippen LogP contribution in [0.15, 0.2) is 36.7 Å². The van der Waals surface area contributed by atoms with Crippen LogP contribution in [0.3, 0.4) is 0 Å². The molecule has 0 spiro atoms. The van der Waals surface area contributed by atoms with E-state index in [9.17, 15) is 18.0 Å². The molecular formula is C22H20F3N3O4. The number of amides is 1. The highest BCUT2D eigenvalue weighted by Gasteiger charge is 2.40. The van der Waals surface area contributed by atoms with Crippen LogP contribution >= 0.6 is 0 Å². The van der Waals surface area contributed by atoms with Gasteiger partial charge in [0, 0.05) is 24.1 Å². The molecule has 10 heteroatoms. The van der Waals surface area contributed by atoms with Gasteiger partial charge < -0.3 is 19.5 Å². The average molecular weight is 447 g/mol. The van der Waals surface area contributed by atoms with Crippen LogP contribution in [-0.4, -0.2) is 54.7 Å². The van der Waals surface area contributed by atoms with E-state index in [1.165, 1.54) is 13.2 Å². The topological polar surface area (TPSA) is 74.1 Å². The molecule has 1 N–H and O–H groups in total. The number of hydrogen-bond donors (Lipinski definition) is 1. The van der Waals surface area contributed by atoms with E-state index in [2.05, 4.69) is 15.2 Å². The molecule has 32 heavy (non-hydrogen) atoms. The van der Waals surface area contributed by atoms with Crippen molar-refractivity contribution in [1.82, 2.24) is 14.9 Å². The fourth-order valence-electron chi connectivity index (χ4n) is 3.77. The number of methoxy groups -OCH3 is 1. The molecule has 2 aliphatic rings. The molecule has 1 saturated heterocycles. The molecule has 2 fully saturated rings. The van der Waals surface area contributed by atoms with Crippen LogP contribution in [-0.2, 0) is 4.74 Å². The van der Waals surface area contributed by atoms with Gasteiger partial charge in [-0.25, -0.2) is 8.91 Å². The van der Waals surface area contributed by atoms with Crippen molar-refractivity contribution in [2.75, 3.05) is 20.3 Å². The Morgan fingerprint density at radius 3 is 2.66 bits per heavy atom. The Labute approximate surface area is 181 Å². The van der Waals surface area contributed by atoms with E-state index in [-0.39, 0.29) is 23.5 Å². The van der Waals surface area contributed by atoms with Gasteiger partial charge in [0.25, 0.3) is 5.91 Å². The van der Waals surface area contributed by atoms with Crippen LogP contribution < -0.4 is 14.8 Å². The van der Waals surface area contributed by atoms with Gasteiger partial charge in [-0.2, -0.15) is 13.9 Å². The first kappa shape index (κ1) is 20.6. The van der Waals surface area contributed by atoms with Gasteiger partial charge in [-0.3, -0.25) is 4.79 Å². The van der Waals surface area contributed by atoms with Crippen molar-refractivity contribution < 1.29 is 32.2 Å². The van der Waals surface area contributed by atoms with E-state index in [0.717, 1.165) is 11.1 Å². The van der Waals surface area contributed by atoms with Gasteiger partial charge in [0.05, 0.1) is 38.1 Å². The Balaban J connectivity index is 1.55. The van der Waals surface area contributed by atoms with Crippen molar-refractivity contribution in [3.8, 4) is 22.6 Å². The maximum Gasteiger partial charge on any atom is 0.387 e. The summed E-state index contributed by atoms with van der Waals surface area (Å²) in [7, 11) is 1.32. The predicted molar refractivity (Wildman–Crippen MR) is 108 cm³/mol. The van der Waals surface area contributed by atoms with Crippen molar-refractivity contribution >= 4 is 11.4 Å². The van der Waals surface area contributed by atoms with Crippen LogP contribution in [0.1, 0.15) is 28.3 Å². The lowest BCUT2D eigenvalue weighted by atomic mass is 9.98. The highest BCUT2D eigenvalue weighted by Crippen LogP contribution is 2.38. The summed E-state index contributed by atoms with van der Waals surface area (Å²) in [4.78, 5) is 12.7. The van der Waals surface area contributed by atoms with Gasteiger partial charge in [0.15, 0.2) is 0 Å². The van der Waals surface area contributed by atoms with Gasteiger partial charge in [-0.1, -0.05) is 6.07 Å². The Hall–Kier alpha value is -3.27. The van der Waals surface area contributed by atoms with E-state index >= 15 is 0 Å². The van der Waals surface area contributed by atoms with Gasteiger partial charge in [0.2, 0.25) is 0 Å². The van der Waals surface area contributed by atoms with E-state index in [1.54, 1.807) is 16.8 Å². The lowest BCUT2D eigenvalue weighted by Gasteiger charge is -2.26. The Kier molecular flexibility index (Phi) is 5.16. The van der Waals surface area contributed by atoms with Crippen LogP contribution in [0.4, 0.5) is 13.2 Å². The van der Waals surface area contributed by atoms with E-state index in [1.807, 2.05) is 18.3 Å². The smallest absolute Gasteiger partial charge is 0.387 e. The minimum absolute atomic E-state index is 0.0364. The number of pyridine rings is 1. The highest BCUT2D eigenvalue weighted by atomic mass is 19.3.